The molecular formula is C63H66BN3S. The minimum absolute atomic E-state index is 0.0221. The van der Waals surface area contributed by atoms with Gasteiger partial charge in [0.2, 0.25) is 0 Å². The number of aryl methyl sites for hydroxylation is 1. The number of fused-ring (bicyclic) bond motifs is 10. The van der Waals surface area contributed by atoms with Crippen molar-refractivity contribution >= 4 is 100 Å². The first-order chi connectivity index (χ1) is 32.3. The third kappa shape index (κ3) is 6.22. The summed E-state index contributed by atoms with van der Waals surface area (Å²) in [5.74, 6) is 0. The molecule has 4 heterocycles. The number of rotatable bonds is 3. The molecule has 2 unspecified atom stereocenters. The van der Waals surface area contributed by atoms with Crippen LogP contribution in [0.5, 0.6) is 0 Å². The maximum Gasteiger partial charge on any atom is 0.252 e. The van der Waals surface area contributed by atoms with E-state index in [0.717, 1.165) is 6.42 Å². The summed E-state index contributed by atoms with van der Waals surface area (Å²) in [4.78, 5) is 8.05. The number of anilines is 8. The Balaban J connectivity index is 1.16. The van der Waals surface area contributed by atoms with Gasteiger partial charge in [0, 0.05) is 65.4 Å². The van der Waals surface area contributed by atoms with Crippen molar-refractivity contribution in [2.75, 3.05) is 14.7 Å². The molecule has 0 spiro atoms. The maximum atomic E-state index is 2.79. The molecule has 68 heavy (non-hydrogen) atoms. The SMILES string of the molecule is Cc1cc2c3c(c1)N(c1cccc4sc5ccccc5c14)c1cc(N4c5ccc(C(C)(C)C)cc5C5(C)CCCCC45C)ccc1B3c1cc(C(C)(C)C)ccc1N2c1ccc(C(C)(C)C)cc1. The highest BCUT2D eigenvalue weighted by atomic mass is 32.1. The summed E-state index contributed by atoms with van der Waals surface area (Å²) in [6.45, 7) is 28.6. The zero-order valence-electron chi connectivity index (χ0n) is 42.4. The van der Waals surface area contributed by atoms with Gasteiger partial charge in [-0.2, -0.15) is 0 Å². The third-order valence-electron chi connectivity index (χ3n) is 16.9. The van der Waals surface area contributed by atoms with Gasteiger partial charge < -0.3 is 14.7 Å². The van der Waals surface area contributed by atoms with Crippen LogP contribution in [-0.4, -0.2) is 12.3 Å². The molecule has 1 aliphatic carbocycles. The van der Waals surface area contributed by atoms with Gasteiger partial charge in [-0.1, -0.05) is 149 Å². The Morgan fingerprint density at radius 3 is 1.84 bits per heavy atom. The Labute approximate surface area is 409 Å². The molecule has 0 N–H and O–H groups in total. The topological polar surface area (TPSA) is 9.72 Å². The summed E-state index contributed by atoms with van der Waals surface area (Å²) < 4.78 is 2.64. The van der Waals surface area contributed by atoms with Gasteiger partial charge in [-0.25, -0.2) is 0 Å². The largest absolute Gasteiger partial charge is 0.334 e. The van der Waals surface area contributed by atoms with Gasteiger partial charge in [0.25, 0.3) is 6.71 Å². The van der Waals surface area contributed by atoms with Crippen LogP contribution < -0.4 is 31.1 Å². The molecule has 5 heteroatoms. The van der Waals surface area contributed by atoms with Crippen LogP contribution in [0.1, 0.15) is 130 Å². The van der Waals surface area contributed by atoms with Crippen molar-refractivity contribution in [2.24, 2.45) is 0 Å². The minimum Gasteiger partial charge on any atom is -0.334 e. The summed E-state index contributed by atoms with van der Waals surface area (Å²) in [5.41, 5.74) is 21.2. The molecule has 0 saturated heterocycles. The first-order valence-corrected chi connectivity index (χ1v) is 26.1. The van der Waals surface area contributed by atoms with Crippen LogP contribution in [0.2, 0.25) is 0 Å². The van der Waals surface area contributed by atoms with Crippen LogP contribution in [0.4, 0.5) is 45.5 Å². The second-order valence-electron chi connectivity index (χ2n) is 24.3. The molecule has 0 amide bonds. The molecule has 2 atom stereocenters. The minimum atomic E-state index is -0.0782. The molecule has 7 aromatic carbocycles. The fourth-order valence-electron chi connectivity index (χ4n) is 12.9. The zero-order valence-corrected chi connectivity index (χ0v) is 43.2. The zero-order chi connectivity index (χ0) is 47.4. The number of benzene rings is 7. The first-order valence-electron chi connectivity index (χ1n) is 25.3. The van der Waals surface area contributed by atoms with Gasteiger partial charge in [0.15, 0.2) is 0 Å². The van der Waals surface area contributed by atoms with Crippen LogP contribution in [-0.2, 0) is 21.7 Å². The Morgan fingerprint density at radius 2 is 1.12 bits per heavy atom. The van der Waals surface area contributed by atoms with Crippen molar-refractivity contribution in [3.05, 3.63) is 161 Å². The van der Waals surface area contributed by atoms with E-state index in [1.54, 1.807) is 0 Å². The third-order valence-corrected chi connectivity index (χ3v) is 18.0. The van der Waals surface area contributed by atoms with Crippen molar-refractivity contribution in [1.29, 1.82) is 0 Å². The number of thiophene rings is 1. The number of hydrogen-bond donors (Lipinski definition) is 0. The van der Waals surface area contributed by atoms with Crippen molar-refractivity contribution in [2.45, 2.75) is 136 Å². The quantitative estimate of drug-likeness (QED) is 0.164. The highest BCUT2D eigenvalue weighted by Crippen LogP contribution is 2.62. The van der Waals surface area contributed by atoms with E-state index in [2.05, 4.69) is 231 Å². The van der Waals surface area contributed by atoms with Gasteiger partial charge >= 0.3 is 0 Å². The number of nitrogens with zero attached hydrogens (tertiary/aromatic N) is 3. The molecule has 0 radical (unpaired) electrons. The maximum absolute atomic E-state index is 2.79. The smallest absolute Gasteiger partial charge is 0.252 e. The Morgan fingerprint density at radius 1 is 0.500 bits per heavy atom. The van der Waals surface area contributed by atoms with E-state index in [4.69, 9.17) is 0 Å². The van der Waals surface area contributed by atoms with Crippen molar-refractivity contribution in [3.8, 4) is 0 Å². The van der Waals surface area contributed by atoms with Gasteiger partial charge in [0.1, 0.15) is 0 Å². The number of hydrogen-bond acceptors (Lipinski definition) is 4. The lowest BCUT2D eigenvalue weighted by atomic mass is 9.33. The predicted molar refractivity (Wildman–Crippen MR) is 297 cm³/mol. The lowest BCUT2D eigenvalue weighted by molar-refractivity contribution is 0.195. The molecule has 0 bridgehead atoms. The normalized spacial score (nSPS) is 19.8. The van der Waals surface area contributed by atoms with E-state index in [0.29, 0.717) is 0 Å². The van der Waals surface area contributed by atoms with E-state index in [1.807, 2.05) is 11.3 Å². The van der Waals surface area contributed by atoms with E-state index >= 15 is 0 Å². The van der Waals surface area contributed by atoms with Crippen LogP contribution >= 0.6 is 11.3 Å². The summed E-state index contributed by atoms with van der Waals surface area (Å²) in [6, 6.07) is 52.8. The van der Waals surface area contributed by atoms with E-state index in [9.17, 15) is 0 Å². The average molecular weight is 908 g/mol. The summed E-state index contributed by atoms with van der Waals surface area (Å²) in [5, 5.41) is 2.64. The molecule has 1 fully saturated rings. The van der Waals surface area contributed by atoms with E-state index in [-0.39, 0.29) is 33.9 Å². The van der Waals surface area contributed by atoms with Crippen LogP contribution in [0, 0.1) is 6.92 Å². The highest BCUT2D eigenvalue weighted by molar-refractivity contribution is 7.26. The van der Waals surface area contributed by atoms with E-state index < -0.39 is 0 Å². The first kappa shape index (κ1) is 43.5. The highest BCUT2D eigenvalue weighted by Gasteiger charge is 2.58. The molecule has 1 aromatic heterocycles. The molecule has 1 saturated carbocycles. The fourth-order valence-corrected chi connectivity index (χ4v) is 14.1. The lowest BCUT2D eigenvalue weighted by Crippen LogP contribution is -2.61. The summed E-state index contributed by atoms with van der Waals surface area (Å²) in [7, 11) is 0. The van der Waals surface area contributed by atoms with Crippen molar-refractivity contribution in [3.63, 3.8) is 0 Å². The Kier molecular flexibility index (Phi) is 9.36. The van der Waals surface area contributed by atoms with Crippen LogP contribution in [0.3, 0.4) is 0 Å². The Hall–Kier alpha value is -5.78. The molecule has 12 rings (SSSR count). The van der Waals surface area contributed by atoms with Gasteiger partial charge in [-0.15, -0.1) is 11.3 Å². The Bertz CT molecular complexity index is 3380. The summed E-state index contributed by atoms with van der Waals surface area (Å²) >= 11 is 1.91. The lowest BCUT2D eigenvalue weighted by Gasteiger charge is -2.50. The standard InChI is InChI=1S/C63H66BN3S/c1-39-34-53-58-54(35-39)66(51-19-17-21-56-57(51)45-18-13-14-20-55(45)68-56)52-38-44(67-49-30-24-41(60(5,6)7)36-46(49)62(11)32-15-16-33-63(62,67)12)28-29-47(52)64(58)48-37-42(61(8,9)10)25-31-50(48)65(53)43-26-22-40(23-27-43)59(2,3)4/h13-14,17-31,34-38H,15-16,32-33H2,1-12H3. The predicted octanol–water partition coefficient (Wildman–Crippen LogP) is 16.1. The molecule has 4 aliphatic rings. The molecule has 3 aliphatic heterocycles. The van der Waals surface area contributed by atoms with Gasteiger partial charge in [-0.05, 0) is 154 Å². The molecule has 3 nitrogen and oxygen atoms in total. The second kappa shape index (κ2) is 14.6. The van der Waals surface area contributed by atoms with Crippen molar-refractivity contribution in [1.82, 2.24) is 0 Å². The monoisotopic (exact) mass is 908 g/mol. The van der Waals surface area contributed by atoms with E-state index in [1.165, 1.54) is 129 Å². The fraction of sp³-hybridized carbons (Fsp3) is 0.333. The molecular weight excluding hydrogens is 842 g/mol. The molecule has 342 valence electrons. The van der Waals surface area contributed by atoms with Crippen LogP contribution in [0.15, 0.2) is 133 Å². The van der Waals surface area contributed by atoms with Crippen molar-refractivity contribution < 1.29 is 0 Å². The molecule has 8 aromatic rings. The second-order valence-corrected chi connectivity index (χ2v) is 25.3. The van der Waals surface area contributed by atoms with Gasteiger partial charge in [-0.3, -0.25) is 0 Å². The average Bonchev–Trinajstić information content (AvgIpc) is 3.77. The van der Waals surface area contributed by atoms with Gasteiger partial charge in [0.05, 0.1) is 11.2 Å². The van der Waals surface area contributed by atoms with Crippen LogP contribution in [0.25, 0.3) is 20.2 Å². The summed E-state index contributed by atoms with van der Waals surface area (Å²) in [6.07, 6.45) is 4.87.